The van der Waals surface area contributed by atoms with Crippen LogP contribution in [0.3, 0.4) is 0 Å². The summed E-state index contributed by atoms with van der Waals surface area (Å²) in [5.41, 5.74) is 4.72. The van der Waals surface area contributed by atoms with Crippen LogP contribution in [0.4, 0.5) is 0 Å². The molecule has 0 heterocycles. The Hall–Kier alpha value is -2.62. The van der Waals surface area contributed by atoms with Gasteiger partial charge in [-0.3, -0.25) is 4.79 Å². The summed E-state index contributed by atoms with van der Waals surface area (Å²) in [7, 11) is 0. The number of carbonyl (C=O) groups is 1. The molecular formula is C16H16N2O2. The highest BCUT2D eigenvalue weighted by Gasteiger charge is 2.02. The average molecular weight is 268 g/mol. The summed E-state index contributed by atoms with van der Waals surface area (Å²) in [6.07, 6.45) is 1.71. The van der Waals surface area contributed by atoms with Crippen LogP contribution in [0.5, 0.6) is 5.75 Å². The SMILES string of the molecule is Cc1cccc(/C=N\NC(=O)Cc2ccccc2)c1O. The van der Waals surface area contributed by atoms with Crippen molar-refractivity contribution in [1.29, 1.82) is 0 Å². The lowest BCUT2D eigenvalue weighted by Gasteiger charge is -2.02. The highest BCUT2D eigenvalue weighted by molar-refractivity contribution is 5.86. The first kappa shape index (κ1) is 13.8. The molecule has 0 fully saturated rings. The molecule has 102 valence electrons. The third kappa shape index (κ3) is 3.68. The second kappa shape index (κ2) is 6.52. The summed E-state index contributed by atoms with van der Waals surface area (Å²) in [5.74, 6) is -0.0202. The number of phenolic OH excluding ortho intramolecular Hbond substituents is 1. The number of carbonyl (C=O) groups excluding carboxylic acids is 1. The number of phenols is 1. The number of para-hydroxylation sites is 1. The number of aryl methyl sites for hydroxylation is 1. The molecule has 0 radical (unpaired) electrons. The van der Waals surface area contributed by atoms with Crippen molar-refractivity contribution in [2.75, 3.05) is 0 Å². The average Bonchev–Trinajstić information content (AvgIpc) is 2.44. The molecule has 2 aromatic rings. The highest BCUT2D eigenvalue weighted by atomic mass is 16.3. The minimum absolute atomic E-state index is 0.175. The largest absolute Gasteiger partial charge is 0.507 e. The van der Waals surface area contributed by atoms with Gasteiger partial charge in [-0.15, -0.1) is 0 Å². The zero-order valence-electron chi connectivity index (χ0n) is 11.2. The second-order valence-corrected chi connectivity index (χ2v) is 4.47. The standard InChI is InChI=1S/C16H16N2O2/c1-12-6-5-9-14(16(12)20)11-17-18-15(19)10-13-7-3-2-4-8-13/h2-9,11,20H,10H2,1H3,(H,18,19)/b17-11-. The van der Waals surface area contributed by atoms with E-state index in [4.69, 9.17) is 0 Å². The van der Waals surface area contributed by atoms with Crippen LogP contribution in [-0.4, -0.2) is 17.2 Å². The molecule has 0 bridgehead atoms. The van der Waals surface area contributed by atoms with Crippen molar-refractivity contribution in [2.24, 2.45) is 5.10 Å². The summed E-state index contributed by atoms with van der Waals surface area (Å²) in [4.78, 5) is 11.7. The molecule has 0 aliphatic heterocycles. The van der Waals surface area contributed by atoms with Crippen LogP contribution in [0.15, 0.2) is 53.6 Å². The maximum atomic E-state index is 11.7. The minimum atomic E-state index is -0.195. The normalized spacial score (nSPS) is 10.7. The third-order valence-electron chi connectivity index (χ3n) is 2.87. The number of hydrogen-bond donors (Lipinski definition) is 2. The molecule has 4 heteroatoms. The van der Waals surface area contributed by atoms with Gasteiger partial charge >= 0.3 is 0 Å². The molecule has 0 spiro atoms. The Labute approximate surface area is 117 Å². The maximum absolute atomic E-state index is 11.7. The lowest BCUT2D eigenvalue weighted by molar-refractivity contribution is -0.120. The van der Waals surface area contributed by atoms with Crippen LogP contribution in [0.2, 0.25) is 0 Å². The first-order valence-corrected chi connectivity index (χ1v) is 6.31. The van der Waals surface area contributed by atoms with Crippen molar-refractivity contribution in [3.8, 4) is 5.75 Å². The van der Waals surface area contributed by atoms with Crippen LogP contribution in [0.25, 0.3) is 0 Å². The quantitative estimate of drug-likeness (QED) is 0.660. The molecule has 1 amide bonds. The van der Waals surface area contributed by atoms with E-state index in [2.05, 4.69) is 10.5 Å². The Morgan fingerprint density at radius 3 is 2.70 bits per heavy atom. The molecule has 2 N–H and O–H groups in total. The summed E-state index contributed by atoms with van der Waals surface area (Å²) in [6, 6.07) is 14.8. The predicted octanol–water partition coefficient (Wildman–Crippen LogP) is 2.39. The predicted molar refractivity (Wildman–Crippen MR) is 78.7 cm³/mol. The molecule has 0 saturated carbocycles. The zero-order chi connectivity index (χ0) is 14.4. The van der Waals surface area contributed by atoms with Crippen LogP contribution in [-0.2, 0) is 11.2 Å². The van der Waals surface area contributed by atoms with Gasteiger partial charge < -0.3 is 5.11 Å². The van der Waals surface area contributed by atoms with Gasteiger partial charge in [-0.05, 0) is 24.1 Å². The fraction of sp³-hybridized carbons (Fsp3) is 0.125. The van der Waals surface area contributed by atoms with Gasteiger partial charge in [-0.2, -0.15) is 5.10 Å². The summed E-state index contributed by atoms with van der Waals surface area (Å²) < 4.78 is 0. The number of amides is 1. The number of nitrogens with zero attached hydrogens (tertiary/aromatic N) is 1. The van der Waals surface area contributed by atoms with Gasteiger partial charge in [0, 0.05) is 5.56 Å². The molecular weight excluding hydrogens is 252 g/mol. The molecule has 2 aromatic carbocycles. The first-order valence-electron chi connectivity index (χ1n) is 6.31. The second-order valence-electron chi connectivity index (χ2n) is 4.47. The van der Waals surface area contributed by atoms with E-state index in [-0.39, 0.29) is 18.1 Å². The number of hydrogen-bond acceptors (Lipinski definition) is 3. The molecule has 0 atom stereocenters. The van der Waals surface area contributed by atoms with E-state index < -0.39 is 0 Å². The molecule has 2 rings (SSSR count). The van der Waals surface area contributed by atoms with E-state index in [9.17, 15) is 9.90 Å². The van der Waals surface area contributed by atoms with Crippen molar-refractivity contribution >= 4 is 12.1 Å². The Balaban J connectivity index is 1.93. The topological polar surface area (TPSA) is 61.7 Å². The van der Waals surface area contributed by atoms with Gasteiger partial charge in [-0.1, -0.05) is 42.5 Å². The summed E-state index contributed by atoms with van der Waals surface area (Å²) >= 11 is 0. The van der Waals surface area contributed by atoms with Gasteiger partial charge in [0.1, 0.15) is 5.75 Å². The van der Waals surface area contributed by atoms with E-state index in [0.29, 0.717) is 5.56 Å². The Bertz CT molecular complexity index is 622. The van der Waals surface area contributed by atoms with Gasteiger partial charge in [0.2, 0.25) is 5.91 Å². The van der Waals surface area contributed by atoms with E-state index in [0.717, 1.165) is 11.1 Å². The van der Waals surface area contributed by atoms with E-state index in [1.165, 1.54) is 6.21 Å². The fourth-order valence-corrected chi connectivity index (χ4v) is 1.78. The van der Waals surface area contributed by atoms with Crippen LogP contribution < -0.4 is 5.43 Å². The third-order valence-corrected chi connectivity index (χ3v) is 2.87. The van der Waals surface area contributed by atoms with Crippen LogP contribution >= 0.6 is 0 Å². The van der Waals surface area contributed by atoms with Gasteiger partial charge in [-0.25, -0.2) is 5.43 Å². The lowest BCUT2D eigenvalue weighted by atomic mass is 10.1. The van der Waals surface area contributed by atoms with Gasteiger partial charge in [0.05, 0.1) is 12.6 Å². The minimum Gasteiger partial charge on any atom is -0.507 e. The monoisotopic (exact) mass is 268 g/mol. The molecule has 20 heavy (non-hydrogen) atoms. The molecule has 0 saturated heterocycles. The number of nitrogens with one attached hydrogen (secondary N) is 1. The van der Waals surface area contributed by atoms with Crippen LogP contribution in [0.1, 0.15) is 16.7 Å². The lowest BCUT2D eigenvalue weighted by Crippen LogP contribution is -2.19. The highest BCUT2D eigenvalue weighted by Crippen LogP contribution is 2.19. The van der Waals surface area contributed by atoms with Crippen LogP contribution in [0, 0.1) is 6.92 Å². The van der Waals surface area contributed by atoms with Crippen molar-refractivity contribution in [2.45, 2.75) is 13.3 Å². The van der Waals surface area contributed by atoms with E-state index >= 15 is 0 Å². The molecule has 4 nitrogen and oxygen atoms in total. The summed E-state index contributed by atoms with van der Waals surface area (Å²) in [5, 5.41) is 13.6. The van der Waals surface area contributed by atoms with Gasteiger partial charge in [0.25, 0.3) is 0 Å². The molecule has 0 aliphatic rings. The van der Waals surface area contributed by atoms with E-state index in [1.54, 1.807) is 19.1 Å². The van der Waals surface area contributed by atoms with Crippen molar-refractivity contribution in [3.05, 3.63) is 65.2 Å². The van der Waals surface area contributed by atoms with Gasteiger partial charge in [0.15, 0.2) is 0 Å². The number of benzene rings is 2. The maximum Gasteiger partial charge on any atom is 0.244 e. The molecule has 0 aliphatic carbocycles. The summed E-state index contributed by atoms with van der Waals surface area (Å²) in [6.45, 7) is 1.81. The smallest absolute Gasteiger partial charge is 0.244 e. The van der Waals surface area contributed by atoms with Crippen molar-refractivity contribution in [3.63, 3.8) is 0 Å². The van der Waals surface area contributed by atoms with Crippen molar-refractivity contribution < 1.29 is 9.90 Å². The Kier molecular flexibility index (Phi) is 4.50. The Morgan fingerprint density at radius 2 is 1.95 bits per heavy atom. The zero-order valence-corrected chi connectivity index (χ0v) is 11.2. The molecule has 0 unspecified atom stereocenters. The number of hydrazone groups is 1. The first-order chi connectivity index (χ1) is 9.66. The number of rotatable bonds is 4. The molecule has 0 aromatic heterocycles. The fourth-order valence-electron chi connectivity index (χ4n) is 1.78. The van der Waals surface area contributed by atoms with E-state index in [1.807, 2.05) is 36.4 Å². The Morgan fingerprint density at radius 1 is 1.20 bits per heavy atom. The number of aromatic hydroxyl groups is 1. The van der Waals surface area contributed by atoms with Crippen molar-refractivity contribution in [1.82, 2.24) is 5.43 Å².